The molecule has 1 aromatic rings. The van der Waals surface area contributed by atoms with E-state index in [-0.39, 0.29) is 12.2 Å². The average molecular weight is 331 g/mol. The van der Waals surface area contributed by atoms with E-state index in [1.54, 1.807) is 0 Å². The molecule has 1 unspecified atom stereocenters. The molecule has 23 heavy (non-hydrogen) atoms. The fourth-order valence-electron chi connectivity index (χ4n) is 1.67. The first kappa shape index (κ1) is 18.5. The quantitative estimate of drug-likeness (QED) is 0.718. The molecular formula is C15H16F3NO4. The van der Waals surface area contributed by atoms with Crippen LogP contribution in [0.1, 0.15) is 18.4 Å². The van der Waals surface area contributed by atoms with Crippen LogP contribution in [0.25, 0.3) is 0 Å². The number of carbonyl (C=O) groups is 2. The molecule has 0 aliphatic carbocycles. The maximum Gasteiger partial charge on any atom is 0.416 e. The first-order valence-corrected chi connectivity index (χ1v) is 6.67. The molecule has 1 amide bonds. The van der Waals surface area contributed by atoms with Crippen LogP contribution in [0.4, 0.5) is 13.2 Å². The van der Waals surface area contributed by atoms with Crippen molar-refractivity contribution in [1.29, 1.82) is 0 Å². The number of aliphatic carboxylic acids is 1. The minimum atomic E-state index is -4.45. The molecule has 1 aromatic carbocycles. The van der Waals surface area contributed by atoms with E-state index in [4.69, 9.17) is 9.84 Å². The Morgan fingerprint density at radius 1 is 1.30 bits per heavy atom. The standard InChI is InChI=1S/C15H16F3NO4/c1-2-3-4-12(14(21)22)19-13(20)9-23-11-7-5-10(6-8-11)15(16,17)18/h2,5-8,12H,1,3-4,9H2,(H,19,20)(H,21,22). The summed E-state index contributed by atoms with van der Waals surface area (Å²) in [6.07, 6.45) is -2.32. The number of carboxylic acids is 1. The van der Waals surface area contributed by atoms with Gasteiger partial charge in [0.2, 0.25) is 0 Å². The molecule has 0 bridgehead atoms. The van der Waals surface area contributed by atoms with Gasteiger partial charge in [0.1, 0.15) is 11.8 Å². The Morgan fingerprint density at radius 2 is 1.91 bits per heavy atom. The molecule has 0 fully saturated rings. The van der Waals surface area contributed by atoms with Crippen LogP contribution >= 0.6 is 0 Å². The summed E-state index contributed by atoms with van der Waals surface area (Å²) in [5.41, 5.74) is -0.829. The number of hydrogen-bond acceptors (Lipinski definition) is 3. The lowest BCUT2D eigenvalue weighted by Gasteiger charge is -2.14. The molecule has 0 heterocycles. The van der Waals surface area contributed by atoms with Crippen LogP contribution in [0.3, 0.4) is 0 Å². The van der Waals surface area contributed by atoms with Gasteiger partial charge in [0.25, 0.3) is 5.91 Å². The third-order valence-electron chi connectivity index (χ3n) is 2.84. The van der Waals surface area contributed by atoms with Gasteiger partial charge in [-0.25, -0.2) is 4.79 Å². The number of allylic oxidation sites excluding steroid dienone is 1. The van der Waals surface area contributed by atoms with Crippen LogP contribution in [0, 0.1) is 0 Å². The van der Waals surface area contributed by atoms with Gasteiger partial charge < -0.3 is 15.2 Å². The third-order valence-corrected chi connectivity index (χ3v) is 2.84. The Kier molecular flexibility index (Phi) is 6.62. The normalized spacial score (nSPS) is 12.3. The van der Waals surface area contributed by atoms with Crippen molar-refractivity contribution in [1.82, 2.24) is 5.32 Å². The number of alkyl halides is 3. The number of nitrogens with one attached hydrogen (secondary N) is 1. The molecule has 0 radical (unpaired) electrons. The van der Waals surface area contributed by atoms with E-state index in [0.717, 1.165) is 24.3 Å². The lowest BCUT2D eigenvalue weighted by molar-refractivity contribution is -0.142. The summed E-state index contributed by atoms with van der Waals surface area (Å²) < 4.78 is 42.2. The van der Waals surface area contributed by atoms with Crippen molar-refractivity contribution in [2.45, 2.75) is 25.1 Å². The van der Waals surface area contributed by atoms with E-state index in [0.29, 0.717) is 6.42 Å². The van der Waals surface area contributed by atoms with Gasteiger partial charge in [-0.3, -0.25) is 4.79 Å². The Hall–Kier alpha value is -2.51. The lowest BCUT2D eigenvalue weighted by Crippen LogP contribution is -2.42. The summed E-state index contributed by atoms with van der Waals surface area (Å²) in [6.45, 7) is 2.96. The maximum absolute atomic E-state index is 12.4. The summed E-state index contributed by atoms with van der Waals surface area (Å²) >= 11 is 0. The molecule has 126 valence electrons. The molecule has 1 atom stereocenters. The summed E-state index contributed by atoms with van der Waals surface area (Å²) in [5, 5.41) is 11.2. The minimum absolute atomic E-state index is 0.0751. The predicted molar refractivity (Wildman–Crippen MR) is 75.9 cm³/mol. The number of rotatable bonds is 8. The first-order valence-electron chi connectivity index (χ1n) is 6.67. The van der Waals surface area contributed by atoms with Crippen LogP contribution in [-0.4, -0.2) is 29.6 Å². The minimum Gasteiger partial charge on any atom is -0.484 e. The number of benzene rings is 1. The summed E-state index contributed by atoms with van der Waals surface area (Å²) in [4.78, 5) is 22.6. The van der Waals surface area contributed by atoms with E-state index in [9.17, 15) is 22.8 Å². The molecule has 8 heteroatoms. The van der Waals surface area contributed by atoms with E-state index in [1.807, 2.05) is 0 Å². The fraction of sp³-hybridized carbons (Fsp3) is 0.333. The van der Waals surface area contributed by atoms with E-state index in [1.165, 1.54) is 6.08 Å². The van der Waals surface area contributed by atoms with Crippen molar-refractivity contribution in [2.24, 2.45) is 0 Å². The first-order chi connectivity index (χ1) is 10.7. The van der Waals surface area contributed by atoms with Gasteiger partial charge in [0.05, 0.1) is 5.56 Å². The Labute approximate surface area is 130 Å². The number of carboxylic acid groups (broad SMARTS) is 1. The van der Waals surface area contributed by atoms with Crippen LogP contribution < -0.4 is 10.1 Å². The van der Waals surface area contributed by atoms with Gasteiger partial charge in [0.15, 0.2) is 6.61 Å². The van der Waals surface area contributed by atoms with Crippen molar-refractivity contribution < 1.29 is 32.6 Å². The van der Waals surface area contributed by atoms with Crippen molar-refractivity contribution in [3.63, 3.8) is 0 Å². The second kappa shape index (κ2) is 8.21. The van der Waals surface area contributed by atoms with Crippen molar-refractivity contribution in [3.05, 3.63) is 42.5 Å². The molecule has 0 saturated carbocycles. The van der Waals surface area contributed by atoms with Crippen LogP contribution in [0.5, 0.6) is 5.75 Å². The van der Waals surface area contributed by atoms with Gasteiger partial charge in [0, 0.05) is 0 Å². The SMILES string of the molecule is C=CCCC(NC(=O)COc1ccc(C(F)(F)F)cc1)C(=O)O. The Bertz CT molecular complexity index is 555. The van der Waals surface area contributed by atoms with Crippen LogP contribution in [0.2, 0.25) is 0 Å². The number of hydrogen-bond donors (Lipinski definition) is 2. The second-order valence-corrected chi connectivity index (χ2v) is 4.64. The van der Waals surface area contributed by atoms with Crippen LogP contribution in [-0.2, 0) is 15.8 Å². The van der Waals surface area contributed by atoms with Crippen LogP contribution in [0.15, 0.2) is 36.9 Å². The van der Waals surface area contributed by atoms with Crippen molar-refractivity contribution in [2.75, 3.05) is 6.61 Å². The zero-order valence-corrected chi connectivity index (χ0v) is 12.1. The highest BCUT2D eigenvalue weighted by molar-refractivity contribution is 5.84. The summed E-state index contributed by atoms with van der Waals surface area (Å²) in [5.74, 6) is -1.79. The van der Waals surface area contributed by atoms with Gasteiger partial charge >= 0.3 is 12.1 Å². The number of ether oxygens (including phenoxy) is 1. The monoisotopic (exact) mass is 331 g/mol. The Morgan fingerprint density at radius 3 is 2.39 bits per heavy atom. The molecule has 5 nitrogen and oxygen atoms in total. The zero-order valence-electron chi connectivity index (χ0n) is 12.1. The topological polar surface area (TPSA) is 75.6 Å². The smallest absolute Gasteiger partial charge is 0.416 e. The molecule has 0 aliphatic heterocycles. The Balaban J connectivity index is 2.52. The predicted octanol–water partition coefficient (Wildman–Crippen LogP) is 2.62. The lowest BCUT2D eigenvalue weighted by atomic mass is 10.1. The highest BCUT2D eigenvalue weighted by Crippen LogP contribution is 2.30. The van der Waals surface area contributed by atoms with E-state index >= 15 is 0 Å². The molecule has 1 rings (SSSR count). The molecule has 0 spiro atoms. The molecular weight excluding hydrogens is 315 g/mol. The van der Waals surface area contributed by atoms with Crippen molar-refractivity contribution >= 4 is 11.9 Å². The van der Waals surface area contributed by atoms with E-state index in [2.05, 4.69) is 11.9 Å². The maximum atomic E-state index is 12.4. The average Bonchev–Trinajstić information content (AvgIpc) is 2.48. The zero-order chi connectivity index (χ0) is 17.5. The fourth-order valence-corrected chi connectivity index (χ4v) is 1.67. The van der Waals surface area contributed by atoms with Gasteiger partial charge in [-0.05, 0) is 37.1 Å². The van der Waals surface area contributed by atoms with Gasteiger partial charge in [-0.1, -0.05) is 6.08 Å². The molecule has 2 N–H and O–H groups in total. The molecule has 0 saturated heterocycles. The number of amides is 1. The second-order valence-electron chi connectivity index (χ2n) is 4.64. The highest BCUT2D eigenvalue weighted by Gasteiger charge is 2.30. The molecule has 0 aliphatic rings. The molecule has 0 aromatic heterocycles. The van der Waals surface area contributed by atoms with Gasteiger partial charge in [-0.15, -0.1) is 6.58 Å². The van der Waals surface area contributed by atoms with E-state index < -0.39 is 36.3 Å². The number of carbonyl (C=O) groups excluding carboxylic acids is 1. The summed E-state index contributed by atoms with van der Waals surface area (Å²) in [7, 11) is 0. The number of halogens is 3. The largest absolute Gasteiger partial charge is 0.484 e. The van der Waals surface area contributed by atoms with Crippen molar-refractivity contribution in [3.8, 4) is 5.75 Å². The third kappa shape index (κ3) is 6.41. The summed E-state index contributed by atoms with van der Waals surface area (Å²) in [6, 6.07) is 2.76. The van der Waals surface area contributed by atoms with Gasteiger partial charge in [-0.2, -0.15) is 13.2 Å². The highest BCUT2D eigenvalue weighted by atomic mass is 19.4.